The van der Waals surface area contributed by atoms with Gasteiger partial charge in [-0.05, 0) is 69.2 Å². The third-order valence-electron chi connectivity index (χ3n) is 5.73. The molecule has 3 rings (SSSR count). The minimum Gasteiger partial charge on any atom is -0.438 e. The van der Waals surface area contributed by atoms with Crippen LogP contribution in [0.5, 0.6) is 5.75 Å². The molecule has 0 saturated heterocycles. The number of benzene rings is 2. The molecule has 1 atom stereocenters. The minimum atomic E-state index is -0.448. The summed E-state index contributed by atoms with van der Waals surface area (Å²) in [5.74, 6) is 1.53. The second-order valence-corrected chi connectivity index (χ2v) is 8.51. The van der Waals surface area contributed by atoms with Crippen LogP contribution >= 0.6 is 0 Å². The Kier molecular flexibility index (Phi) is 7.00. The fourth-order valence-corrected chi connectivity index (χ4v) is 3.85. The summed E-state index contributed by atoms with van der Waals surface area (Å²) in [6, 6.07) is 15.5. The number of nitrogens with zero attached hydrogens (tertiary/aromatic N) is 1. The number of oxime groups is 1. The number of unbranched alkanes of at least 4 members (excludes halogenated alkanes) is 2. The summed E-state index contributed by atoms with van der Waals surface area (Å²) in [5.41, 5.74) is 4.59. The third-order valence-corrected chi connectivity index (χ3v) is 5.73. The zero-order valence-corrected chi connectivity index (χ0v) is 18.6. The Labute approximate surface area is 176 Å². The molecule has 0 radical (unpaired) electrons. The molecular formula is C26H35NO2. The standard InChI is InChI=1S/C26H35NO2/c1-6-8-10-20-12-15-22(16-13-20)26(5)23-17-14-21(11-9-7-2)18-24(23)28-25(26)27-29-19(3)4/h12-19H,6-11H2,1-5H3. The summed E-state index contributed by atoms with van der Waals surface area (Å²) in [6.07, 6.45) is 7.02. The zero-order valence-electron chi connectivity index (χ0n) is 18.6. The van der Waals surface area contributed by atoms with Crippen LogP contribution in [0.1, 0.15) is 82.6 Å². The van der Waals surface area contributed by atoms with Crippen molar-refractivity contribution in [3.8, 4) is 5.75 Å². The van der Waals surface area contributed by atoms with E-state index >= 15 is 0 Å². The van der Waals surface area contributed by atoms with Gasteiger partial charge in [-0.1, -0.05) is 68.2 Å². The maximum Gasteiger partial charge on any atom is 0.246 e. The normalized spacial score (nSPS) is 19.4. The van der Waals surface area contributed by atoms with E-state index in [1.807, 2.05) is 13.8 Å². The summed E-state index contributed by atoms with van der Waals surface area (Å²) < 4.78 is 6.27. The molecule has 0 N–H and O–H groups in total. The van der Waals surface area contributed by atoms with Crippen LogP contribution in [0, 0.1) is 0 Å². The summed E-state index contributed by atoms with van der Waals surface area (Å²) in [6.45, 7) is 10.6. The number of ether oxygens (including phenoxy) is 1. The van der Waals surface area contributed by atoms with Crippen molar-refractivity contribution in [3.63, 3.8) is 0 Å². The second-order valence-electron chi connectivity index (χ2n) is 8.51. The highest BCUT2D eigenvalue weighted by molar-refractivity contribution is 5.97. The average Bonchev–Trinajstić information content (AvgIpc) is 3.01. The lowest BCUT2D eigenvalue weighted by atomic mass is 9.76. The van der Waals surface area contributed by atoms with Crippen LogP contribution in [-0.2, 0) is 23.1 Å². The number of aryl methyl sites for hydroxylation is 2. The molecule has 0 amide bonds. The van der Waals surface area contributed by atoms with Gasteiger partial charge in [-0.2, -0.15) is 0 Å². The van der Waals surface area contributed by atoms with Gasteiger partial charge in [0, 0.05) is 5.56 Å². The van der Waals surface area contributed by atoms with Crippen LogP contribution in [-0.4, -0.2) is 12.0 Å². The third kappa shape index (κ3) is 4.66. The number of fused-ring (bicyclic) bond motifs is 1. The molecule has 0 fully saturated rings. The molecule has 0 saturated carbocycles. The Morgan fingerprint density at radius 3 is 2.17 bits per heavy atom. The first-order valence-corrected chi connectivity index (χ1v) is 11.1. The molecule has 29 heavy (non-hydrogen) atoms. The summed E-state index contributed by atoms with van der Waals surface area (Å²) in [7, 11) is 0. The first-order valence-electron chi connectivity index (χ1n) is 11.1. The zero-order chi connectivity index (χ0) is 20.9. The van der Waals surface area contributed by atoms with Crippen LogP contribution < -0.4 is 4.74 Å². The molecule has 3 nitrogen and oxygen atoms in total. The molecule has 1 heterocycles. The highest BCUT2D eigenvalue weighted by atomic mass is 16.7. The largest absolute Gasteiger partial charge is 0.438 e. The van der Waals surface area contributed by atoms with E-state index < -0.39 is 5.41 Å². The van der Waals surface area contributed by atoms with Crippen LogP contribution in [0.25, 0.3) is 0 Å². The van der Waals surface area contributed by atoms with Gasteiger partial charge in [0.05, 0.1) is 0 Å². The van der Waals surface area contributed by atoms with E-state index in [4.69, 9.17) is 9.57 Å². The van der Waals surface area contributed by atoms with E-state index in [9.17, 15) is 0 Å². The van der Waals surface area contributed by atoms with Crippen molar-refractivity contribution in [2.45, 2.75) is 84.7 Å². The number of hydrogen-bond acceptors (Lipinski definition) is 3. The lowest BCUT2D eigenvalue weighted by Gasteiger charge is -2.24. The SMILES string of the molecule is CCCCc1ccc(C2(C)C(=NOC(C)C)Oc3cc(CCCC)ccc32)cc1. The maximum atomic E-state index is 6.27. The minimum absolute atomic E-state index is 0.00981. The van der Waals surface area contributed by atoms with E-state index in [2.05, 4.69) is 68.4 Å². The quantitative estimate of drug-likeness (QED) is 0.438. The molecule has 0 bridgehead atoms. The second kappa shape index (κ2) is 9.47. The van der Waals surface area contributed by atoms with Crippen molar-refractivity contribution in [1.29, 1.82) is 0 Å². The Morgan fingerprint density at radius 2 is 1.55 bits per heavy atom. The van der Waals surface area contributed by atoms with Gasteiger partial charge in [-0.3, -0.25) is 0 Å². The Hall–Kier alpha value is -2.29. The number of rotatable bonds is 9. The topological polar surface area (TPSA) is 30.8 Å². The van der Waals surface area contributed by atoms with Gasteiger partial charge >= 0.3 is 0 Å². The molecule has 1 aliphatic rings. The van der Waals surface area contributed by atoms with E-state index in [0.29, 0.717) is 5.90 Å². The average molecular weight is 394 g/mol. The van der Waals surface area contributed by atoms with Crippen molar-refractivity contribution in [2.24, 2.45) is 5.16 Å². The van der Waals surface area contributed by atoms with Crippen LogP contribution in [0.3, 0.4) is 0 Å². The summed E-state index contributed by atoms with van der Waals surface area (Å²) in [5, 5.41) is 4.43. The van der Waals surface area contributed by atoms with Gasteiger partial charge in [0.1, 0.15) is 17.3 Å². The van der Waals surface area contributed by atoms with Gasteiger partial charge in [-0.25, -0.2) is 0 Å². The lowest BCUT2D eigenvalue weighted by molar-refractivity contribution is 0.0807. The van der Waals surface area contributed by atoms with Crippen LogP contribution in [0.4, 0.5) is 0 Å². The molecule has 2 aromatic rings. The van der Waals surface area contributed by atoms with Crippen LogP contribution in [0.2, 0.25) is 0 Å². The van der Waals surface area contributed by atoms with E-state index in [1.165, 1.54) is 42.4 Å². The Balaban J connectivity index is 1.99. The van der Waals surface area contributed by atoms with Crippen molar-refractivity contribution < 1.29 is 9.57 Å². The fourth-order valence-electron chi connectivity index (χ4n) is 3.85. The van der Waals surface area contributed by atoms with E-state index in [-0.39, 0.29) is 6.10 Å². The van der Waals surface area contributed by atoms with Crippen molar-refractivity contribution in [2.75, 3.05) is 0 Å². The van der Waals surface area contributed by atoms with Crippen LogP contribution in [0.15, 0.2) is 47.6 Å². The molecular weight excluding hydrogens is 358 g/mol. The van der Waals surface area contributed by atoms with Gasteiger partial charge in [0.15, 0.2) is 0 Å². The summed E-state index contributed by atoms with van der Waals surface area (Å²) in [4.78, 5) is 5.61. The molecule has 156 valence electrons. The molecule has 1 aliphatic heterocycles. The highest BCUT2D eigenvalue weighted by Gasteiger charge is 2.45. The Bertz CT molecular complexity index is 838. The van der Waals surface area contributed by atoms with Gasteiger partial charge in [0.2, 0.25) is 5.90 Å². The molecule has 0 aliphatic carbocycles. The van der Waals surface area contributed by atoms with Crippen molar-refractivity contribution >= 4 is 5.90 Å². The van der Waals surface area contributed by atoms with Gasteiger partial charge in [0.25, 0.3) is 0 Å². The molecule has 1 unspecified atom stereocenters. The first kappa shape index (κ1) is 21.4. The van der Waals surface area contributed by atoms with Gasteiger partial charge in [-0.15, -0.1) is 0 Å². The van der Waals surface area contributed by atoms with E-state index in [0.717, 1.165) is 24.2 Å². The fraction of sp³-hybridized carbons (Fsp3) is 0.500. The maximum absolute atomic E-state index is 6.27. The smallest absolute Gasteiger partial charge is 0.246 e. The predicted molar refractivity (Wildman–Crippen MR) is 121 cm³/mol. The molecule has 0 spiro atoms. The number of hydrogen-bond donors (Lipinski definition) is 0. The van der Waals surface area contributed by atoms with E-state index in [1.54, 1.807) is 0 Å². The van der Waals surface area contributed by atoms with Gasteiger partial charge < -0.3 is 9.57 Å². The molecule has 2 aromatic carbocycles. The lowest BCUT2D eigenvalue weighted by Crippen LogP contribution is -2.32. The molecule has 0 aromatic heterocycles. The van der Waals surface area contributed by atoms with Crippen molar-refractivity contribution in [1.82, 2.24) is 0 Å². The Morgan fingerprint density at radius 1 is 0.931 bits per heavy atom. The monoisotopic (exact) mass is 393 g/mol. The van der Waals surface area contributed by atoms with Crippen molar-refractivity contribution in [3.05, 3.63) is 64.7 Å². The predicted octanol–water partition coefficient (Wildman–Crippen LogP) is 6.81. The highest BCUT2D eigenvalue weighted by Crippen LogP contribution is 2.45. The summed E-state index contributed by atoms with van der Waals surface area (Å²) >= 11 is 0. The first-order chi connectivity index (χ1) is 14.0. The molecule has 3 heteroatoms.